The Morgan fingerprint density at radius 1 is 1.24 bits per heavy atom. The van der Waals surface area contributed by atoms with Crippen LogP contribution in [0, 0.1) is 6.92 Å². The minimum Gasteiger partial charge on any atom is -0.360 e. The molecule has 0 aliphatic carbocycles. The Kier molecular flexibility index (Phi) is 6.62. The van der Waals surface area contributed by atoms with Crippen LogP contribution in [-0.2, 0) is 16.6 Å². The molecule has 0 atom stereocenters. The van der Waals surface area contributed by atoms with Gasteiger partial charge in [0, 0.05) is 38.3 Å². The van der Waals surface area contributed by atoms with Crippen LogP contribution in [0.4, 0.5) is 0 Å². The molecule has 1 amide bonds. The summed E-state index contributed by atoms with van der Waals surface area (Å²) in [5.74, 6) is 0.521. The van der Waals surface area contributed by atoms with E-state index in [0.29, 0.717) is 32.7 Å². The van der Waals surface area contributed by atoms with Crippen LogP contribution in [0.1, 0.15) is 35.7 Å². The molecule has 1 aromatic heterocycles. The zero-order valence-corrected chi connectivity index (χ0v) is 18.3. The smallest absolute Gasteiger partial charge is 0.255 e. The first-order chi connectivity index (χ1) is 13.7. The number of halogens is 1. The predicted octanol–water partition coefficient (Wildman–Crippen LogP) is 2.28. The second-order valence-corrected chi connectivity index (χ2v) is 9.54. The van der Waals surface area contributed by atoms with E-state index in [1.165, 1.54) is 18.2 Å². The van der Waals surface area contributed by atoms with Gasteiger partial charge in [-0.25, -0.2) is 13.1 Å². The number of nitrogens with zero attached hydrogens (tertiary/aromatic N) is 3. The average molecular weight is 441 g/mol. The Labute approximate surface area is 175 Å². The first-order valence-corrected chi connectivity index (χ1v) is 11.3. The van der Waals surface area contributed by atoms with Crippen LogP contribution in [0.2, 0.25) is 5.02 Å². The molecular weight excluding hydrogens is 416 g/mol. The highest BCUT2D eigenvalue weighted by Crippen LogP contribution is 2.23. The Bertz CT molecular complexity index is 982. The molecule has 0 bridgehead atoms. The van der Waals surface area contributed by atoms with E-state index in [1.807, 2.05) is 13.0 Å². The van der Waals surface area contributed by atoms with Gasteiger partial charge in [0.2, 0.25) is 10.0 Å². The van der Waals surface area contributed by atoms with Crippen LogP contribution in [0.3, 0.4) is 0 Å². The fourth-order valence-corrected chi connectivity index (χ4v) is 4.68. The van der Waals surface area contributed by atoms with Gasteiger partial charge >= 0.3 is 0 Å². The van der Waals surface area contributed by atoms with Crippen molar-refractivity contribution in [3.63, 3.8) is 0 Å². The normalized spacial score (nSPS) is 15.8. The molecule has 1 saturated heterocycles. The number of aromatic nitrogens is 1. The number of sulfonamides is 1. The summed E-state index contributed by atoms with van der Waals surface area (Å²) < 4.78 is 32.6. The molecule has 1 aliphatic heterocycles. The van der Waals surface area contributed by atoms with E-state index < -0.39 is 10.0 Å². The lowest BCUT2D eigenvalue weighted by Gasteiger charge is -2.34. The number of hydrogen-bond acceptors (Lipinski definition) is 6. The maximum Gasteiger partial charge on any atom is 0.255 e. The van der Waals surface area contributed by atoms with E-state index in [9.17, 15) is 13.2 Å². The number of amides is 1. The lowest BCUT2D eigenvalue weighted by molar-refractivity contribution is 0.0617. The van der Waals surface area contributed by atoms with Crippen LogP contribution in [0.5, 0.6) is 0 Å². The van der Waals surface area contributed by atoms with E-state index in [2.05, 4.69) is 14.8 Å². The van der Waals surface area contributed by atoms with E-state index in [0.717, 1.165) is 11.5 Å². The second-order valence-electron chi connectivity index (χ2n) is 7.42. The van der Waals surface area contributed by atoms with Gasteiger partial charge in [0.25, 0.3) is 5.91 Å². The molecule has 1 aromatic carbocycles. The molecule has 3 rings (SSSR count). The van der Waals surface area contributed by atoms with Crippen molar-refractivity contribution < 1.29 is 17.7 Å². The first-order valence-electron chi connectivity index (χ1n) is 9.41. The highest BCUT2D eigenvalue weighted by Gasteiger charge is 2.26. The number of carbonyl (C=O) groups excluding carboxylic acids is 1. The quantitative estimate of drug-likeness (QED) is 0.740. The Morgan fingerprint density at radius 3 is 2.52 bits per heavy atom. The van der Waals surface area contributed by atoms with Crippen molar-refractivity contribution in [1.82, 2.24) is 19.7 Å². The molecule has 10 heteroatoms. The van der Waals surface area contributed by atoms with Crippen molar-refractivity contribution in [2.24, 2.45) is 0 Å². The summed E-state index contributed by atoms with van der Waals surface area (Å²) >= 11 is 6.21. The maximum atomic E-state index is 13.0. The average Bonchev–Trinajstić information content (AvgIpc) is 3.05. The highest BCUT2D eigenvalue weighted by molar-refractivity contribution is 7.89. The van der Waals surface area contributed by atoms with Gasteiger partial charge in [0.1, 0.15) is 0 Å². The number of rotatable bonds is 6. The Morgan fingerprint density at radius 2 is 1.93 bits per heavy atom. The van der Waals surface area contributed by atoms with E-state index in [4.69, 9.17) is 16.1 Å². The van der Waals surface area contributed by atoms with Gasteiger partial charge in [-0.2, -0.15) is 0 Å². The van der Waals surface area contributed by atoms with Gasteiger partial charge in [-0.15, -0.1) is 0 Å². The summed E-state index contributed by atoms with van der Waals surface area (Å²) in [5.41, 5.74) is 1.03. The van der Waals surface area contributed by atoms with Gasteiger partial charge in [0.05, 0.1) is 27.7 Å². The molecule has 0 radical (unpaired) electrons. The fourth-order valence-electron chi connectivity index (χ4n) is 3.20. The highest BCUT2D eigenvalue weighted by atomic mass is 35.5. The molecule has 0 unspecified atom stereocenters. The number of aryl methyl sites for hydroxylation is 1. The monoisotopic (exact) mass is 440 g/mol. The van der Waals surface area contributed by atoms with Gasteiger partial charge in [-0.05, 0) is 39.0 Å². The largest absolute Gasteiger partial charge is 0.360 e. The van der Waals surface area contributed by atoms with Crippen LogP contribution in [0.15, 0.2) is 33.7 Å². The van der Waals surface area contributed by atoms with Crippen LogP contribution >= 0.6 is 11.6 Å². The van der Waals surface area contributed by atoms with Crippen molar-refractivity contribution in [2.75, 3.05) is 26.2 Å². The summed E-state index contributed by atoms with van der Waals surface area (Å²) in [6.07, 6.45) is 0. The number of carbonyl (C=O) groups is 1. The molecule has 1 fully saturated rings. The third-order valence-corrected chi connectivity index (χ3v) is 6.57. The standard InChI is InChI=1S/C19H25ClN4O4S/c1-13(2)22-29(26,27)16-4-5-18(20)17(11-16)19(25)24-8-6-23(7-9-24)12-15-10-14(3)21-28-15/h4-5,10-11,13,22H,6-9,12H2,1-3H3. The zero-order valence-electron chi connectivity index (χ0n) is 16.7. The summed E-state index contributed by atoms with van der Waals surface area (Å²) in [4.78, 5) is 16.9. The number of benzene rings is 1. The molecule has 2 heterocycles. The van der Waals surface area contributed by atoms with E-state index in [1.54, 1.807) is 18.7 Å². The van der Waals surface area contributed by atoms with Crippen molar-refractivity contribution in [2.45, 2.75) is 38.3 Å². The zero-order chi connectivity index (χ0) is 21.2. The number of nitrogens with one attached hydrogen (secondary N) is 1. The van der Waals surface area contributed by atoms with Crippen molar-refractivity contribution >= 4 is 27.5 Å². The lowest BCUT2D eigenvalue weighted by atomic mass is 10.1. The van der Waals surface area contributed by atoms with Crippen molar-refractivity contribution in [1.29, 1.82) is 0 Å². The molecular formula is C19H25ClN4O4S. The van der Waals surface area contributed by atoms with Crippen LogP contribution < -0.4 is 4.72 Å². The second kappa shape index (κ2) is 8.83. The molecule has 158 valence electrons. The Balaban J connectivity index is 1.68. The third kappa shape index (κ3) is 5.36. The van der Waals surface area contributed by atoms with Crippen molar-refractivity contribution in [3.05, 3.63) is 46.3 Å². The maximum absolute atomic E-state index is 13.0. The summed E-state index contributed by atoms with van der Waals surface area (Å²) in [6.45, 7) is 8.37. The minimum absolute atomic E-state index is 0.0262. The summed E-state index contributed by atoms with van der Waals surface area (Å²) in [6, 6.07) is 5.84. The third-order valence-electron chi connectivity index (χ3n) is 4.59. The SMILES string of the molecule is Cc1cc(CN2CCN(C(=O)c3cc(S(=O)(=O)NC(C)C)ccc3Cl)CC2)on1. The van der Waals surface area contributed by atoms with Gasteiger partial charge < -0.3 is 9.42 Å². The van der Waals surface area contributed by atoms with Crippen molar-refractivity contribution in [3.8, 4) is 0 Å². The lowest BCUT2D eigenvalue weighted by Crippen LogP contribution is -2.48. The number of piperazine rings is 1. The molecule has 1 N–H and O–H groups in total. The fraction of sp³-hybridized carbons (Fsp3) is 0.474. The topological polar surface area (TPSA) is 95.8 Å². The molecule has 8 nitrogen and oxygen atoms in total. The molecule has 29 heavy (non-hydrogen) atoms. The predicted molar refractivity (Wildman–Crippen MR) is 109 cm³/mol. The summed E-state index contributed by atoms with van der Waals surface area (Å²) in [7, 11) is -3.71. The Hall–Kier alpha value is -1.94. The van der Waals surface area contributed by atoms with E-state index in [-0.39, 0.29) is 27.4 Å². The van der Waals surface area contributed by atoms with Gasteiger partial charge in [-0.3, -0.25) is 9.69 Å². The van der Waals surface area contributed by atoms with E-state index >= 15 is 0 Å². The molecule has 0 saturated carbocycles. The van der Waals surface area contributed by atoms with Crippen LogP contribution in [0.25, 0.3) is 0 Å². The summed E-state index contributed by atoms with van der Waals surface area (Å²) in [5, 5.41) is 4.12. The number of hydrogen-bond donors (Lipinski definition) is 1. The van der Waals surface area contributed by atoms with Gasteiger partial charge in [0.15, 0.2) is 5.76 Å². The molecule has 1 aliphatic rings. The first kappa shape index (κ1) is 21.8. The minimum atomic E-state index is -3.71. The molecule has 0 spiro atoms. The molecule has 2 aromatic rings. The van der Waals surface area contributed by atoms with Crippen LogP contribution in [-0.4, -0.2) is 61.5 Å². The van der Waals surface area contributed by atoms with Gasteiger partial charge in [-0.1, -0.05) is 16.8 Å².